The van der Waals surface area contributed by atoms with Crippen molar-refractivity contribution < 1.29 is 28.8 Å². The quantitative estimate of drug-likeness (QED) is 0.437. The lowest BCUT2D eigenvalue weighted by Gasteiger charge is -2.31. The van der Waals surface area contributed by atoms with Gasteiger partial charge >= 0.3 is 6.09 Å². The highest BCUT2D eigenvalue weighted by atomic mass is 16.6. The van der Waals surface area contributed by atoms with Crippen LogP contribution in [0.3, 0.4) is 0 Å². The Hall–Kier alpha value is -3.50. The van der Waals surface area contributed by atoms with Crippen molar-refractivity contribution in [1.82, 2.24) is 15.1 Å². The molecule has 11 heteroatoms. The van der Waals surface area contributed by atoms with Crippen LogP contribution in [0.15, 0.2) is 18.2 Å². The van der Waals surface area contributed by atoms with E-state index in [0.29, 0.717) is 30.8 Å². The van der Waals surface area contributed by atoms with Crippen LogP contribution in [0.5, 0.6) is 0 Å². The molecule has 0 bridgehead atoms. The molecule has 29 heavy (non-hydrogen) atoms. The van der Waals surface area contributed by atoms with Gasteiger partial charge in [-0.05, 0) is 25.8 Å². The minimum Gasteiger partial charge on any atom is -0.450 e. The van der Waals surface area contributed by atoms with Crippen LogP contribution in [-0.4, -0.2) is 70.8 Å². The van der Waals surface area contributed by atoms with Gasteiger partial charge in [-0.2, -0.15) is 0 Å². The van der Waals surface area contributed by atoms with E-state index in [4.69, 9.17) is 4.74 Å². The van der Waals surface area contributed by atoms with Gasteiger partial charge in [0.1, 0.15) is 12.1 Å². The summed E-state index contributed by atoms with van der Waals surface area (Å²) in [6.07, 6.45) is 0.626. The molecule has 4 amide bonds. The highest BCUT2D eigenvalue weighted by Crippen LogP contribution is 2.30. The van der Waals surface area contributed by atoms with E-state index in [9.17, 15) is 29.3 Å². The first-order valence-corrected chi connectivity index (χ1v) is 9.18. The van der Waals surface area contributed by atoms with Crippen molar-refractivity contribution >= 4 is 29.5 Å². The normalized spacial score (nSPS) is 16.6. The van der Waals surface area contributed by atoms with Crippen LogP contribution in [0.25, 0.3) is 0 Å². The maximum Gasteiger partial charge on any atom is 0.409 e. The Morgan fingerprint density at radius 1 is 1.24 bits per heavy atom. The number of ether oxygens (including phenoxy) is 1. The fourth-order valence-electron chi connectivity index (χ4n) is 3.45. The van der Waals surface area contributed by atoms with E-state index in [2.05, 4.69) is 5.32 Å². The molecule has 154 valence electrons. The van der Waals surface area contributed by atoms with Crippen molar-refractivity contribution in [1.29, 1.82) is 0 Å². The second-order valence-corrected chi connectivity index (χ2v) is 6.68. The van der Waals surface area contributed by atoms with E-state index in [1.807, 2.05) is 0 Å². The van der Waals surface area contributed by atoms with Gasteiger partial charge < -0.3 is 15.0 Å². The van der Waals surface area contributed by atoms with Crippen LogP contribution in [0.2, 0.25) is 0 Å². The van der Waals surface area contributed by atoms with E-state index in [1.54, 1.807) is 11.8 Å². The average Bonchev–Trinajstić information content (AvgIpc) is 2.93. The summed E-state index contributed by atoms with van der Waals surface area (Å²) in [5.74, 6) is -2.14. The summed E-state index contributed by atoms with van der Waals surface area (Å²) >= 11 is 0. The number of benzene rings is 1. The number of carbonyl (C=O) groups excluding carboxylic acids is 4. The third-order valence-electron chi connectivity index (χ3n) is 4.86. The number of nitrogens with one attached hydrogen (secondary N) is 1. The molecule has 11 nitrogen and oxygen atoms in total. The van der Waals surface area contributed by atoms with E-state index < -0.39 is 41.0 Å². The lowest BCUT2D eigenvalue weighted by Crippen LogP contribution is -2.49. The minimum absolute atomic E-state index is 0.0836. The topological polar surface area (TPSA) is 139 Å². The standard InChI is InChI=1S/C18H20N4O7/c1-2-29-18(26)20-8-6-11(7-9-20)19-14(23)10-21-16(24)12-4-3-5-13(22(27)28)15(12)17(21)25/h3-5,11H,2,6-10H2,1H3,(H,19,23). The molecule has 0 atom stereocenters. The molecule has 0 spiro atoms. The van der Waals surface area contributed by atoms with Gasteiger partial charge in [0, 0.05) is 25.2 Å². The third-order valence-corrected chi connectivity index (χ3v) is 4.86. The number of hydrogen-bond donors (Lipinski definition) is 1. The molecule has 0 saturated carbocycles. The van der Waals surface area contributed by atoms with Gasteiger partial charge in [0.2, 0.25) is 5.91 Å². The summed E-state index contributed by atoms with van der Waals surface area (Å²) in [6, 6.07) is 3.58. The predicted molar refractivity (Wildman–Crippen MR) is 98.2 cm³/mol. The zero-order valence-electron chi connectivity index (χ0n) is 15.8. The predicted octanol–water partition coefficient (Wildman–Crippen LogP) is 0.928. The number of nitrogens with zero attached hydrogens (tertiary/aromatic N) is 3. The Labute approximate surface area is 165 Å². The van der Waals surface area contributed by atoms with Crippen LogP contribution in [0, 0.1) is 10.1 Å². The fourth-order valence-corrected chi connectivity index (χ4v) is 3.45. The van der Waals surface area contributed by atoms with Crippen LogP contribution in [0.4, 0.5) is 10.5 Å². The highest BCUT2D eigenvalue weighted by Gasteiger charge is 2.41. The molecule has 1 aromatic rings. The zero-order chi connectivity index (χ0) is 21.1. The van der Waals surface area contributed by atoms with E-state index >= 15 is 0 Å². The Morgan fingerprint density at radius 3 is 2.55 bits per heavy atom. The molecule has 2 heterocycles. The summed E-state index contributed by atoms with van der Waals surface area (Å²) < 4.78 is 4.94. The van der Waals surface area contributed by atoms with Crippen molar-refractivity contribution in [2.45, 2.75) is 25.8 Å². The third kappa shape index (κ3) is 4.03. The molecule has 1 fully saturated rings. The van der Waals surface area contributed by atoms with Crippen LogP contribution in [0.1, 0.15) is 40.5 Å². The molecule has 2 aliphatic rings. The number of fused-ring (bicyclic) bond motifs is 1. The molecular weight excluding hydrogens is 384 g/mol. The van der Waals surface area contributed by atoms with Gasteiger partial charge in [-0.3, -0.25) is 29.4 Å². The zero-order valence-corrected chi connectivity index (χ0v) is 15.8. The van der Waals surface area contributed by atoms with Crippen molar-refractivity contribution in [3.63, 3.8) is 0 Å². The summed E-state index contributed by atoms with van der Waals surface area (Å²) in [5, 5.41) is 13.9. The molecule has 3 rings (SSSR count). The Morgan fingerprint density at radius 2 is 1.93 bits per heavy atom. The molecule has 1 aromatic carbocycles. The second kappa shape index (κ2) is 8.25. The first kappa shape index (κ1) is 20.2. The first-order valence-electron chi connectivity index (χ1n) is 9.18. The number of hydrogen-bond acceptors (Lipinski definition) is 7. The largest absolute Gasteiger partial charge is 0.450 e. The minimum atomic E-state index is -0.857. The van der Waals surface area contributed by atoms with Crippen LogP contribution in [-0.2, 0) is 9.53 Å². The van der Waals surface area contributed by atoms with Crippen LogP contribution >= 0.6 is 0 Å². The Kier molecular flexibility index (Phi) is 5.76. The number of likely N-dealkylation sites (tertiary alicyclic amines) is 1. The lowest BCUT2D eigenvalue weighted by molar-refractivity contribution is -0.385. The smallest absolute Gasteiger partial charge is 0.409 e. The SMILES string of the molecule is CCOC(=O)N1CCC(NC(=O)CN2C(=O)c3cccc([N+](=O)[O-])c3C2=O)CC1. The van der Waals surface area contributed by atoms with Crippen molar-refractivity contribution in [2.24, 2.45) is 0 Å². The average molecular weight is 404 g/mol. The first-order chi connectivity index (χ1) is 13.8. The van der Waals surface area contributed by atoms with Crippen LogP contribution < -0.4 is 5.32 Å². The van der Waals surface area contributed by atoms with Gasteiger partial charge in [-0.25, -0.2) is 4.79 Å². The molecule has 1 N–H and O–H groups in total. The van der Waals surface area contributed by atoms with Gasteiger partial charge in [-0.15, -0.1) is 0 Å². The molecule has 0 aromatic heterocycles. The van der Waals surface area contributed by atoms with Gasteiger partial charge in [0.15, 0.2) is 0 Å². The van der Waals surface area contributed by atoms with Gasteiger partial charge in [0.05, 0.1) is 17.1 Å². The Bertz CT molecular complexity index is 877. The Balaban J connectivity index is 1.59. The van der Waals surface area contributed by atoms with E-state index in [1.165, 1.54) is 12.1 Å². The maximum absolute atomic E-state index is 12.5. The summed E-state index contributed by atoms with van der Waals surface area (Å²) in [7, 11) is 0. The van der Waals surface area contributed by atoms with Crippen molar-refractivity contribution in [2.75, 3.05) is 26.2 Å². The molecule has 1 saturated heterocycles. The number of piperidine rings is 1. The maximum atomic E-state index is 12.5. The number of imide groups is 1. The monoisotopic (exact) mass is 404 g/mol. The summed E-state index contributed by atoms with van der Waals surface area (Å²) in [5.41, 5.74) is -0.840. The van der Waals surface area contributed by atoms with E-state index in [0.717, 1.165) is 6.07 Å². The van der Waals surface area contributed by atoms with Gasteiger partial charge in [0.25, 0.3) is 17.5 Å². The van der Waals surface area contributed by atoms with Crippen molar-refractivity contribution in [3.8, 4) is 0 Å². The summed E-state index contributed by atoms with van der Waals surface area (Å²) in [6.45, 7) is 2.32. The van der Waals surface area contributed by atoms with Crippen molar-refractivity contribution in [3.05, 3.63) is 39.4 Å². The molecular formula is C18H20N4O7. The number of rotatable bonds is 5. The van der Waals surface area contributed by atoms with Gasteiger partial charge in [-0.1, -0.05) is 6.07 Å². The summed E-state index contributed by atoms with van der Waals surface area (Å²) in [4.78, 5) is 61.6. The number of carbonyl (C=O) groups is 4. The molecule has 0 radical (unpaired) electrons. The molecule has 2 aliphatic heterocycles. The number of nitro benzene ring substituents is 1. The molecule has 0 aliphatic carbocycles. The second-order valence-electron chi connectivity index (χ2n) is 6.68. The highest BCUT2D eigenvalue weighted by molar-refractivity contribution is 6.24. The number of nitro groups is 1. The molecule has 0 unspecified atom stereocenters. The van der Waals surface area contributed by atoms with E-state index in [-0.39, 0.29) is 23.8 Å². The fraction of sp³-hybridized carbons (Fsp3) is 0.444. The number of amides is 4. The lowest BCUT2D eigenvalue weighted by atomic mass is 10.1.